The third-order valence-corrected chi connectivity index (χ3v) is 6.86. The van der Waals surface area contributed by atoms with Crippen molar-refractivity contribution in [2.45, 2.75) is 11.1 Å². The van der Waals surface area contributed by atoms with Crippen LogP contribution in [0.2, 0.25) is 0 Å². The lowest BCUT2D eigenvalue weighted by molar-refractivity contribution is 0.512. The fourth-order valence-electron chi connectivity index (χ4n) is 2.51. The third-order valence-electron chi connectivity index (χ3n) is 3.66. The summed E-state index contributed by atoms with van der Waals surface area (Å²) in [5.41, 5.74) is -0.282. The smallest absolute Gasteiger partial charge is 0.248 e. The Bertz CT molecular complexity index is 1150. The maximum Gasteiger partial charge on any atom is 0.248 e. The number of nitrogens with two attached hydrogens (primary N) is 1. The molecule has 0 aliphatic heterocycles. The summed E-state index contributed by atoms with van der Waals surface area (Å²) in [6.45, 7) is 1.66. The Morgan fingerprint density at radius 1 is 1.04 bits per heavy atom. The van der Waals surface area contributed by atoms with E-state index < -0.39 is 27.5 Å². The Kier molecular flexibility index (Phi) is 5.52. The number of primary sulfonamides is 1. The fourth-order valence-corrected chi connectivity index (χ4v) is 5.05. The van der Waals surface area contributed by atoms with Crippen LogP contribution in [0.1, 0.15) is 4.88 Å². The summed E-state index contributed by atoms with van der Waals surface area (Å²) in [6, 6.07) is 7.80. The molecule has 3 N–H and O–H groups in total. The first-order valence-corrected chi connectivity index (χ1v) is 10.9. The molecular formula is C17H12F3IN2O2S2. The Morgan fingerprint density at radius 3 is 2.37 bits per heavy atom. The number of hydrogen-bond acceptors (Lipinski definition) is 4. The van der Waals surface area contributed by atoms with E-state index in [9.17, 15) is 21.6 Å². The van der Waals surface area contributed by atoms with Crippen LogP contribution in [0.15, 0.2) is 40.6 Å². The number of anilines is 2. The van der Waals surface area contributed by atoms with E-state index in [4.69, 9.17) is 5.14 Å². The highest BCUT2D eigenvalue weighted by Gasteiger charge is 2.24. The van der Waals surface area contributed by atoms with Gasteiger partial charge in [0.25, 0.3) is 0 Å². The Morgan fingerprint density at radius 2 is 1.74 bits per heavy atom. The average Bonchev–Trinajstić information content (AvgIpc) is 2.96. The largest absolute Gasteiger partial charge is 0.350 e. The molecular weight excluding hydrogens is 512 g/mol. The number of halogens is 4. The van der Waals surface area contributed by atoms with E-state index in [1.165, 1.54) is 24.3 Å². The molecule has 27 heavy (non-hydrogen) atoms. The van der Waals surface area contributed by atoms with Crippen LogP contribution in [0.4, 0.5) is 24.5 Å². The van der Waals surface area contributed by atoms with Gasteiger partial charge in [0.15, 0.2) is 11.6 Å². The van der Waals surface area contributed by atoms with Gasteiger partial charge in [0, 0.05) is 19.6 Å². The Labute approximate surface area is 171 Å². The molecule has 0 aliphatic carbocycles. The standard InChI is InChI=1S/C17H12F3IN2O2S2/c1-8-6-11(17(26-8)27(22,24)25)10-3-4-12(18)15(20)16(10)23-14-5-2-9(21)7-13(14)19/h2-7,23H,1H3,(H2,22,24,25). The van der Waals surface area contributed by atoms with Gasteiger partial charge in [-0.1, -0.05) is 0 Å². The van der Waals surface area contributed by atoms with Gasteiger partial charge < -0.3 is 5.32 Å². The maximum atomic E-state index is 14.5. The number of nitrogens with one attached hydrogen (secondary N) is 1. The SMILES string of the molecule is Cc1cc(-c2ccc(F)c(F)c2Nc2ccc(I)cc2F)c(S(N)(=O)=O)s1. The van der Waals surface area contributed by atoms with Gasteiger partial charge in [-0.15, -0.1) is 11.3 Å². The van der Waals surface area contributed by atoms with Gasteiger partial charge >= 0.3 is 0 Å². The molecule has 1 aromatic heterocycles. The van der Waals surface area contributed by atoms with E-state index in [1.807, 2.05) is 22.6 Å². The lowest BCUT2D eigenvalue weighted by atomic mass is 10.1. The van der Waals surface area contributed by atoms with Crippen molar-refractivity contribution in [3.05, 3.63) is 62.3 Å². The van der Waals surface area contributed by atoms with Crippen LogP contribution in [-0.4, -0.2) is 8.42 Å². The molecule has 0 fully saturated rings. The quantitative estimate of drug-likeness (QED) is 0.465. The normalized spacial score (nSPS) is 11.6. The molecule has 3 aromatic rings. The summed E-state index contributed by atoms with van der Waals surface area (Å²) in [6.07, 6.45) is 0. The third kappa shape index (κ3) is 4.13. The number of hydrogen-bond donors (Lipinski definition) is 2. The second-order valence-corrected chi connectivity index (χ2v) is 9.89. The van der Waals surface area contributed by atoms with Crippen LogP contribution in [-0.2, 0) is 10.0 Å². The first-order chi connectivity index (χ1) is 12.6. The van der Waals surface area contributed by atoms with Gasteiger partial charge in [-0.3, -0.25) is 0 Å². The minimum absolute atomic E-state index is 0.0558. The molecule has 10 heteroatoms. The maximum absolute atomic E-state index is 14.5. The lowest BCUT2D eigenvalue weighted by Crippen LogP contribution is -2.11. The molecule has 0 aliphatic rings. The zero-order chi connectivity index (χ0) is 19.9. The van der Waals surface area contributed by atoms with E-state index in [0.29, 0.717) is 8.45 Å². The molecule has 0 spiro atoms. The van der Waals surface area contributed by atoms with Crippen molar-refractivity contribution in [1.29, 1.82) is 0 Å². The number of aryl methyl sites for hydroxylation is 1. The van der Waals surface area contributed by atoms with Gasteiger partial charge in [0.1, 0.15) is 10.0 Å². The summed E-state index contributed by atoms with van der Waals surface area (Å²) < 4.78 is 66.8. The van der Waals surface area contributed by atoms with Crippen LogP contribution in [0.3, 0.4) is 0 Å². The number of sulfonamides is 1. The second-order valence-electron chi connectivity index (χ2n) is 5.64. The average molecular weight is 524 g/mol. The van der Waals surface area contributed by atoms with Crippen molar-refractivity contribution in [2.24, 2.45) is 5.14 Å². The minimum atomic E-state index is -4.09. The van der Waals surface area contributed by atoms with Crippen LogP contribution in [0, 0.1) is 27.9 Å². The first-order valence-electron chi connectivity index (χ1n) is 7.41. The zero-order valence-electron chi connectivity index (χ0n) is 13.7. The molecule has 3 rings (SSSR count). The lowest BCUT2D eigenvalue weighted by Gasteiger charge is -2.15. The van der Waals surface area contributed by atoms with Gasteiger partial charge in [0.05, 0.1) is 11.4 Å². The van der Waals surface area contributed by atoms with E-state index in [1.54, 1.807) is 13.0 Å². The highest BCUT2D eigenvalue weighted by atomic mass is 127. The van der Waals surface area contributed by atoms with Crippen molar-refractivity contribution < 1.29 is 21.6 Å². The summed E-state index contributed by atoms with van der Waals surface area (Å²) >= 11 is 2.83. The second kappa shape index (κ2) is 7.41. The summed E-state index contributed by atoms with van der Waals surface area (Å²) in [5, 5.41) is 7.79. The van der Waals surface area contributed by atoms with Gasteiger partial charge in [-0.2, -0.15) is 0 Å². The Hall–Kier alpha value is -1.63. The molecule has 0 saturated heterocycles. The van der Waals surface area contributed by atoms with E-state index in [-0.39, 0.29) is 26.7 Å². The van der Waals surface area contributed by atoms with Crippen molar-refractivity contribution in [1.82, 2.24) is 0 Å². The highest BCUT2D eigenvalue weighted by molar-refractivity contribution is 14.1. The zero-order valence-corrected chi connectivity index (χ0v) is 17.5. The summed E-state index contributed by atoms with van der Waals surface area (Å²) in [4.78, 5) is 0.616. The van der Waals surface area contributed by atoms with Gasteiger partial charge in [-0.05, 0) is 65.9 Å². The van der Waals surface area contributed by atoms with Crippen LogP contribution < -0.4 is 10.5 Å². The Balaban J connectivity index is 2.23. The number of rotatable bonds is 4. The van der Waals surface area contributed by atoms with Crippen LogP contribution in [0.5, 0.6) is 0 Å². The van der Waals surface area contributed by atoms with E-state index in [2.05, 4.69) is 5.32 Å². The van der Waals surface area contributed by atoms with Crippen LogP contribution >= 0.6 is 33.9 Å². The fraction of sp³-hybridized carbons (Fsp3) is 0.0588. The predicted molar refractivity (Wildman–Crippen MR) is 108 cm³/mol. The monoisotopic (exact) mass is 524 g/mol. The number of thiophene rings is 1. The van der Waals surface area contributed by atoms with Crippen molar-refractivity contribution in [3.63, 3.8) is 0 Å². The van der Waals surface area contributed by atoms with Gasteiger partial charge in [-0.25, -0.2) is 26.7 Å². The molecule has 0 bridgehead atoms. The molecule has 0 unspecified atom stereocenters. The van der Waals surface area contributed by atoms with E-state index >= 15 is 0 Å². The molecule has 2 aromatic carbocycles. The topological polar surface area (TPSA) is 72.2 Å². The van der Waals surface area contributed by atoms with Crippen molar-refractivity contribution in [3.8, 4) is 11.1 Å². The van der Waals surface area contributed by atoms with Crippen molar-refractivity contribution >= 4 is 55.3 Å². The molecule has 0 amide bonds. The van der Waals surface area contributed by atoms with Crippen LogP contribution in [0.25, 0.3) is 11.1 Å². The van der Waals surface area contributed by atoms with E-state index in [0.717, 1.165) is 17.4 Å². The molecule has 1 heterocycles. The summed E-state index contributed by atoms with van der Waals surface area (Å²) in [7, 11) is -4.09. The predicted octanol–water partition coefficient (Wildman–Crippen LogP) is 5.14. The summed E-state index contributed by atoms with van der Waals surface area (Å²) in [5.74, 6) is -3.07. The molecule has 0 atom stereocenters. The molecule has 0 saturated carbocycles. The number of benzene rings is 2. The molecule has 0 radical (unpaired) electrons. The molecule has 4 nitrogen and oxygen atoms in total. The first kappa shape index (κ1) is 20.1. The van der Waals surface area contributed by atoms with Crippen molar-refractivity contribution in [2.75, 3.05) is 5.32 Å². The molecule has 142 valence electrons. The highest BCUT2D eigenvalue weighted by Crippen LogP contribution is 2.40. The van der Waals surface area contributed by atoms with Gasteiger partial charge in [0.2, 0.25) is 10.0 Å². The minimum Gasteiger partial charge on any atom is -0.350 e.